The molecule has 0 aliphatic heterocycles. The maximum Gasteiger partial charge on any atom is 0.118 e. The maximum atomic E-state index is 5.20. The highest BCUT2D eigenvalue weighted by atomic mass is 16.5. The monoisotopic (exact) mass is 261 g/mol. The van der Waals surface area contributed by atoms with Crippen molar-refractivity contribution in [2.75, 3.05) is 7.11 Å². The van der Waals surface area contributed by atoms with Crippen LogP contribution < -0.4 is 10.1 Å². The SMILES string of the molecule is COc1ccc(C(C)N[C@@H](C)C2CCCCC2)cc1. The molecule has 19 heavy (non-hydrogen) atoms. The van der Waals surface area contributed by atoms with E-state index in [1.54, 1.807) is 7.11 Å². The topological polar surface area (TPSA) is 21.3 Å². The smallest absolute Gasteiger partial charge is 0.118 e. The van der Waals surface area contributed by atoms with Crippen LogP contribution >= 0.6 is 0 Å². The summed E-state index contributed by atoms with van der Waals surface area (Å²) >= 11 is 0. The third kappa shape index (κ3) is 3.97. The van der Waals surface area contributed by atoms with Crippen molar-refractivity contribution in [3.8, 4) is 5.75 Å². The van der Waals surface area contributed by atoms with Crippen LogP contribution in [0.15, 0.2) is 24.3 Å². The molecule has 1 fully saturated rings. The number of methoxy groups -OCH3 is 1. The van der Waals surface area contributed by atoms with E-state index in [1.165, 1.54) is 37.7 Å². The van der Waals surface area contributed by atoms with E-state index in [1.807, 2.05) is 12.1 Å². The summed E-state index contributed by atoms with van der Waals surface area (Å²) in [5.41, 5.74) is 1.34. The van der Waals surface area contributed by atoms with E-state index < -0.39 is 0 Å². The molecule has 1 saturated carbocycles. The Balaban J connectivity index is 1.89. The summed E-state index contributed by atoms with van der Waals surface area (Å²) < 4.78 is 5.20. The highest BCUT2D eigenvalue weighted by Crippen LogP contribution is 2.28. The molecule has 0 amide bonds. The summed E-state index contributed by atoms with van der Waals surface area (Å²) in [6.45, 7) is 4.59. The van der Waals surface area contributed by atoms with Crippen molar-refractivity contribution in [2.24, 2.45) is 5.92 Å². The summed E-state index contributed by atoms with van der Waals surface area (Å²) in [5.74, 6) is 1.78. The molecule has 0 bridgehead atoms. The number of hydrogen-bond donors (Lipinski definition) is 1. The van der Waals surface area contributed by atoms with Crippen molar-refractivity contribution in [2.45, 2.75) is 58.0 Å². The van der Waals surface area contributed by atoms with Gasteiger partial charge in [-0.25, -0.2) is 0 Å². The fraction of sp³-hybridized carbons (Fsp3) is 0.647. The van der Waals surface area contributed by atoms with Gasteiger partial charge >= 0.3 is 0 Å². The van der Waals surface area contributed by atoms with Crippen molar-refractivity contribution in [1.82, 2.24) is 5.32 Å². The van der Waals surface area contributed by atoms with E-state index in [0.29, 0.717) is 12.1 Å². The largest absolute Gasteiger partial charge is 0.497 e. The van der Waals surface area contributed by atoms with Gasteiger partial charge in [0.1, 0.15) is 5.75 Å². The van der Waals surface area contributed by atoms with Crippen molar-refractivity contribution in [3.05, 3.63) is 29.8 Å². The highest BCUT2D eigenvalue weighted by Gasteiger charge is 2.21. The van der Waals surface area contributed by atoms with Gasteiger partial charge in [-0.2, -0.15) is 0 Å². The van der Waals surface area contributed by atoms with Crippen LogP contribution in [0.1, 0.15) is 57.6 Å². The van der Waals surface area contributed by atoms with Crippen LogP contribution in [-0.4, -0.2) is 13.2 Å². The van der Waals surface area contributed by atoms with Gasteiger partial charge < -0.3 is 10.1 Å². The third-order valence-corrected chi connectivity index (χ3v) is 4.49. The van der Waals surface area contributed by atoms with Crippen molar-refractivity contribution < 1.29 is 4.74 Å². The maximum absolute atomic E-state index is 5.20. The first-order valence-electron chi connectivity index (χ1n) is 7.60. The van der Waals surface area contributed by atoms with E-state index in [9.17, 15) is 0 Å². The normalized spacial score (nSPS) is 19.9. The minimum Gasteiger partial charge on any atom is -0.497 e. The quantitative estimate of drug-likeness (QED) is 0.852. The molecule has 1 aliphatic rings. The number of hydrogen-bond acceptors (Lipinski definition) is 2. The van der Waals surface area contributed by atoms with Crippen LogP contribution in [-0.2, 0) is 0 Å². The van der Waals surface area contributed by atoms with Crippen molar-refractivity contribution in [1.29, 1.82) is 0 Å². The first kappa shape index (κ1) is 14.4. The molecule has 1 N–H and O–H groups in total. The van der Waals surface area contributed by atoms with Gasteiger partial charge in [0.05, 0.1) is 7.11 Å². The lowest BCUT2D eigenvalue weighted by Gasteiger charge is -2.30. The predicted octanol–water partition coefficient (Wildman–Crippen LogP) is 4.31. The zero-order valence-corrected chi connectivity index (χ0v) is 12.5. The second-order valence-corrected chi connectivity index (χ2v) is 5.85. The van der Waals surface area contributed by atoms with Gasteiger partial charge in [-0.05, 0) is 50.3 Å². The molecular formula is C17H27NO. The molecule has 2 heteroatoms. The number of ether oxygens (including phenoxy) is 1. The second kappa shape index (κ2) is 6.95. The molecule has 1 aromatic carbocycles. The Labute approximate surface area is 117 Å². The predicted molar refractivity (Wildman–Crippen MR) is 80.6 cm³/mol. The number of rotatable bonds is 5. The van der Waals surface area contributed by atoms with Gasteiger partial charge in [0.15, 0.2) is 0 Å². The Morgan fingerprint density at radius 2 is 1.68 bits per heavy atom. The number of nitrogens with one attached hydrogen (secondary N) is 1. The summed E-state index contributed by atoms with van der Waals surface area (Å²) in [6.07, 6.45) is 7.03. The van der Waals surface area contributed by atoms with Crippen LogP contribution in [0.4, 0.5) is 0 Å². The van der Waals surface area contributed by atoms with Crippen molar-refractivity contribution >= 4 is 0 Å². The summed E-state index contributed by atoms with van der Waals surface area (Å²) in [7, 11) is 1.71. The first-order valence-corrected chi connectivity index (χ1v) is 7.60. The van der Waals surface area contributed by atoms with Crippen molar-refractivity contribution in [3.63, 3.8) is 0 Å². The molecule has 1 unspecified atom stereocenters. The lowest BCUT2D eigenvalue weighted by molar-refractivity contribution is 0.268. The fourth-order valence-electron chi connectivity index (χ4n) is 3.15. The number of benzene rings is 1. The average molecular weight is 261 g/mol. The molecule has 0 saturated heterocycles. The van der Waals surface area contributed by atoms with Gasteiger partial charge in [-0.3, -0.25) is 0 Å². The molecule has 0 aromatic heterocycles. The Kier molecular flexibility index (Phi) is 5.26. The molecular weight excluding hydrogens is 234 g/mol. The van der Waals surface area contributed by atoms with E-state index >= 15 is 0 Å². The van der Waals surface area contributed by atoms with Gasteiger partial charge in [0.25, 0.3) is 0 Å². The second-order valence-electron chi connectivity index (χ2n) is 5.85. The Morgan fingerprint density at radius 3 is 2.26 bits per heavy atom. The van der Waals surface area contributed by atoms with Gasteiger partial charge in [-0.1, -0.05) is 31.4 Å². The van der Waals surface area contributed by atoms with Gasteiger partial charge in [0.2, 0.25) is 0 Å². The standard InChI is InChI=1S/C17H27NO/c1-13(15-7-5-4-6-8-15)18-14(2)16-9-11-17(19-3)12-10-16/h9-15,18H,4-8H2,1-3H3/t13-,14?/m0/s1. The molecule has 0 heterocycles. The van der Waals surface area contributed by atoms with E-state index in [2.05, 4.69) is 31.3 Å². The minimum atomic E-state index is 0.405. The Morgan fingerprint density at radius 1 is 1.05 bits per heavy atom. The zero-order valence-electron chi connectivity index (χ0n) is 12.5. The van der Waals surface area contributed by atoms with Gasteiger partial charge in [-0.15, -0.1) is 0 Å². The van der Waals surface area contributed by atoms with Crippen LogP contribution in [0.25, 0.3) is 0 Å². The highest BCUT2D eigenvalue weighted by molar-refractivity contribution is 5.28. The van der Waals surface area contributed by atoms with E-state index in [0.717, 1.165) is 11.7 Å². The van der Waals surface area contributed by atoms with Crippen LogP contribution in [0.2, 0.25) is 0 Å². The summed E-state index contributed by atoms with van der Waals surface area (Å²) in [4.78, 5) is 0. The summed E-state index contributed by atoms with van der Waals surface area (Å²) in [5, 5.41) is 3.76. The first-order chi connectivity index (χ1) is 9.20. The van der Waals surface area contributed by atoms with Crippen LogP contribution in [0, 0.1) is 5.92 Å². The molecule has 2 atom stereocenters. The van der Waals surface area contributed by atoms with Crippen LogP contribution in [0.5, 0.6) is 5.75 Å². The lowest BCUT2D eigenvalue weighted by atomic mass is 9.84. The molecule has 2 rings (SSSR count). The van der Waals surface area contributed by atoms with E-state index in [-0.39, 0.29) is 0 Å². The fourth-order valence-corrected chi connectivity index (χ4v) is 3.15. The van der Waals surface area contributed by atoms with E-state index in [4.69, 9.17) is 4.74 Å². The third-order valence-electron chi connectivity index (χ3n) is 4.49. The average Bonchev–Trinajstić information content (AvgIpc) is 2.48. The molecule has 1 aliphatic carbocycles. The minimum absolute atomic E-state index is 0.405. The Hall–Kier alpha value is -1.02. The summed E-state index contributed by atoms with van der Waals surface area (Å²) in [6, 6.07) is 9.41. The lowest BCUT2D eigenvalue weighted by Crippen LogP contribution is -2.36. The molecule has 2 nitrogen and oxygen atoms in total. The molecule has 1 aromatic rings. The van der Waals surface area contributed by atoms with Crippen LogP contribution in [0.3, 0.4) is 0 Å². The molecule has 106 valence electrons. The zero-order chi connectivity index (χ0) is 13.7. The Bertz CT molecular complexity index is 367. The molecule has 0 spiro atoms. The molecule has 0 radical (unpaired) electrons. The van der Waals surface area contributed by atoms with Gasteiger partial charge in [0, 0.05) is 12.1 Å².